The van der Waals surface area contributed by atoms with E-state index in [0.29, 0.717) is 17.1 Å². The van der Waals surface area contributed by atoms with Crippen LogP contribution in [0, 0.1) is 0 Å². The highest BCUT2D eigenvalue weighted by molar-refractivity contribution is 8.00. The Morgan fingerprint density at radius 3 is 2.35 bits per heavy atom. The summed E-state index contributed by atoms with van der Waals surface area (Å²) in [6.07, 6.45) is -0.000503. The van der Waals surface area contributed by atoms with E-state index >= 15 is 0 Å². The Hall–Kier alpha value is -2.55. The Morgan fingerprint density at radius 2 is 1.81 bits per heavy atom. The minimum Gasteiger partial charge on any atom is -0.464 e. The van der Waals surface area contributed by atoms with Gasteiger partial charge in [0.05, 0.1) is 11.9 Å². The van der Waals surface area contributed by atoms with Crippen LogP contribution in [0.25, 0.3) is 0 Å². The van der Waals surface area contributed by atoms with Crippen molar-refractivity contribution in [2.45, 2.75) is 31.6 Å². The van der Waals surface area contributed by atoms with Gasteiger partial charge in [0.25, 0.3) is 0 Å². The van der Waals surface area contributed by atoms with E-state index < -0.39 is 17.3 Å². The number of benzene rings is 1. The summed E-state index contributed by atoms with van der Waals surface area (Å²) in [4.78, 5) is 46.9. The third-order valence-electron chi connectivity index (χ3n) is 3.50. The normalized spacial score (nSPS) is 19.2. The van der Waals surface area contributed by atoms with E-state index in [1.165, 1.54) is 18.7 Å². The number of anilines is 2. The molecular weight excluding hydrogens is 358 g/mol. The van der Waals surface area contributed by atoms with Crippen molar-refractivity contribution >= 4 is 46.8 Å². The van der Waals surface area contributed by atoms with Crippen molar-refractivity contribution in [2.24, 2.45) is 0 Å². The lowest BCUT2D eigenvalue weighted by molar-refractivity contribution is -0.146. The molecule has 1 aliphatic rings. The van der Waals surface area contributed by atoms with E-state index in [1.54, 1.807) is 31.2 Å². The largest absolute Gasteiger partial charge is 0.464 e. The zero-order valence-electron chi connectivity index (χ0n) is 14.5. The predicted molar refractivity (Wildman–Crippen MR) is 98.8 cm³/mol. The summed E-state index contributed by atoms with van der Waals surface area (Å²) in [5, 5.41) is 7.38. The lowest BCUT2D eigenvalue weighted by Crippen LogP contribution is -2.51. The average molecular weight is 379 g/mol. The zero-order valence-corrected chi connectivity index (χ0v) is 15.4. The van der Waals surface area contributed by atoms with Crippen molar-refractivity contribution in [1.82, 2.24) is 5.32 Å². The topological polar surface area (TPSA) is 114 Å². The SMILES string of the molecule is CCOC(=O)C1CSC(CC(=O)Nc2ccc(NC(C)=O)cc2)C(=O)N1. The third-order valence-corrected chi connectivity index (χ3v) is 4.81. The summed E-state index contributed by atoms with van der Waals surface area (Å²) in [7, 11) is 0. The second-order valence-electron chi connectivity index (χ2n) is 5.65. The fourth-order valence-corrected chi connectivity index (χ4v) is 3.47. The first-order chi connectivity index (χ1) is 12.4. The van der Waals surface area contributed by atoms with Gasteiger partial charge in [-0.1, -0.05) is 0 Å². The molecule has 1 heterocycles. The average Bonchev–Trinajstić information content (AvgIpc) is 2.58. The van der Waals surface area contributed by atoms with Gasteiger partial charge in [-0.2, -0.15) is 0 Å². The summed E-state index contributed by atoms with van der Waals surface area (Å²) in [5.41, 5.74) is 1.19. The van der Waals surface area contributed by atoms with Crippen molar-refractivity contribution in [3.8, 4) is 0 Å². The van der Waals surface area contributed by atoms with E-state index in [4.69, 9.17) is 4.74 Å². The molecule has 0 bridgehead atoms. The predicted octanol–water partition coefficient (Wildman–Crippen LogP) is 1.14. The van der Waals surface area contributed by atoms with Crippen molar-refractivity contribution < 1.29 is 23.9 Å². The van der Waals surface area contributed by atoms with Crippen LogP contribution in [0.2, 0.25) is 0 Å². The molecule has 9 heteroatoms. The van der Waals surface area contributed by atoms with Crippen molar-refractivity contribution in [2.75, 3.05) is 23.0 Å². The zero-order chi connectivity index (χ0) is 19.1. The molecule has 3 amide bonds. The Labute approximate surface area is 155 Å². The molecule has 3 N–H and O–H groups in total. The number of amides is 3. The van der Waals surface area contributed by atoms with Crippen molar-refractivity contribution in [3.05, 3.63) is 24.3 Å². The highest BCUT2D eigenvalue weighted by Gasteiger charge is 2.34. The summed E-state index contributed by atoms with van der Waals surface area (Å²) >= 11 is 1.26. The Kier molecular flexibility index (Phi) is 7.02. The quantitative estimate of drug-likeness (QED) is 0.639. The van der Waals surface area contributed by atoms with Gasteiger partial charge in [-0.05, 0) is 31.2 Å². The fraction of sp³-hybridized carbons (Fsp3) is 0.412. The number of hydrogen-bond donors (Lipinski definition) is 3. The van der Waals surface area contributed by atoms with Crippen molar-refractivity contribution in [1.29, 1.82) is 0 Å². The molecule has 1 aliphatic heterocycles. The molecule has 1 aromatic rings. The van der Waals surface area contributed by atoms with Crippen LogP contribution in [0.15, 0.2) is 24.3 Å². The van der Waals surface area contributed by atoms with Gasteiger partial charge in [0.1, 0.15) is 6.04 Å². The highest BCUT2D eigenvalue weighted by atomic mass is 32.2. The molecular formula is C17H21N3O5S. The van der Waals surface area contributed by atoms with Crippen LogP contribution < -0.4 is 16.0 Å². The van der Waals surface area contributed by atoms with Crippen LogP contribution in [0.5, 0.6) is 0 Å². The maximum atomic E-state index is 12.1. The molecule has 1 fully saturated rings. The Morgan fingerprint density at radius 1 is 1.19 bits per heavy atom. The van der Waals surface area contributed by atoms with Crippen LogP contribution in [-0.4, -0.2) is 47.3 Å². The molecule has 2 atom stereocenters. The molecule has 0 spiro atoms. The lowest BCUT2D eigenvalue weighted by atomic mass is 10.2. The van der Waals surface area contributed by atoms with E-state index in [2.05, 4.69) is 16.0 Å². The molecule has 0 aliphatic carbocycles. The lowest BCUT2D eigenvalue weighted by Gasteiger charge is -2.27. The van der Waals surface area contributed by atoms with Gasteiger partial charge < -0.3 is 20.7 Å². The van der Waals surface area contributed by atoms with Crippen LogP contribution in [0.4, 0.5) is 11.4 Å². The summed E-state index contributed by atoms with van der Waals surface area (Å²) < 4.78 is 4.89. The maximum Gasteiger partial charge on any atom is 0.329 e. The minimum absolute atomic E-state index is 0.000503. The van der Waals surface area contributed by atoms with Crippen LogP contribution >= 0.6 is 11.8 Å². The van der Waals surface area contributed by atoms with Crippen LogP contribution in [0.1, 0.15) is 20.3 Å². The van der Waals surface area contributed by atoms with Crippen LogP contribution in [-0.2, 0) is 23.9 Å². The van der Waals surface area contributed by atoms with Gasteiger partial charge in [-0.15, -0.1) is 11.8 Å². The minimum atomic E-state index is -0.673. The molecule has 1 saturated heterocycles. The number of nitrogens with one attached hydrogen (secondary N) is 3. The third kappa shape index (κ3) is 5.76. The van der Waals surface area contributed by atoms with Gasteiger partial charge in [-0.3, -0.25) is 14.4 Å². The summed E-state index contributed by atoms with van der Waals surface area (Å²) in [5.74, 6) is -0.928. The van der Waals surface area contributed by atoms with E-state index in [1.807, 2.05) is 0 Å². The van der Waals surface area contributed by atoms with Crippen molar-refractivity contribution in [3.63, 3.8) is 0 Å². The summed E-state index contributed by atoms with van der Waals surface area (Å²) in [6, 6.07) is 5.99. The number of thioether (sulfide) groups is 1. The van der Waals surface area contributed by atoms with E-state index in [-0.39, 0.29) is 30.7 Å². The number of carbonyl (C=O) groups excluding carboxylic acids is 4. The van der Waals surface area contributed by atoms with E-state index in [9.17, 15) is 19.2 Å². The molecule has 140 valence electrons. The Bertz CT molecular complexity index is 692. The second-order valence-corrected chi connectivity index (χ2v) is 6.88. The Balaban J connectivity index is 1.83. The number of hydrogen-bond acceptors (Lipinski definition) is 6. The monoisotopic (exact) mass is 379 g/mol. The van der Waals surface area contributed by atoms with Gasteiger partial charge in [-0.25, -0.2) is 4.79 Å². The van der Waals surface area contributed by atoms with E-state index in [0.717, 1.165) is 0 Å². The second kappa shape index (κ2) is 9.23. The molecule has 2 rings (SSSR count). The number of rotatable bonds is 6. The van der Waals surface area contributed by atoms with Gasteiger partial charge in [0.2, 0.25) is 17.7 Å². The maximum absolute atomic E-state index is 12.1. The first-order valence-corrected chi connectivity index (χ1v) is 9.20. The first kappa shape index (κ1) is 19.8. The molecule has 8 nitrogen and oxygen atoms in total. The van der Waals surface area contributed by atoms with Gasteiger partial charge >= 0.3 is 5.97 Å². The first-order valence-electron chi connectivity index (χ1n) is 8.15. The number of esters is 1. The van der Waals surface area contributed by atoms with Gasteiger partial charge in [0.15, 0.2) is 0 Å². The number of carbonyl (C=O) groups is 4. The molecule has 0 saturated carbocycles. The standard InChI is InChI=1S/C17H21N3O5S/c1-3-25-17(24)13-9-26-14(16(23)20-13)8-15(22)19-12-6-4-11(5-7-12)18-10(2)21/h4-7,13-14H,3,8-9H2,1-2H3,(H,18,21)(H,19,22)(H,20,23). The number of ether oxygens (including phenoxy) is 1. The molecule has 0 aromatic heterocycles. The highest BCUT2D eigenvalue weighted by Crippen LogP contribution is 2.22. The molecule has 26 heavy (non-hydrogen) atoms. The smallest absolute Gasteiger partial charge is 0.329 e. The van der Waals surface area contributed by atoms with Crippen LogP contribution in [0.3, 0.4) is 0 Å². The summed E-state index contributed by atoms with van der Waals surface area (Å²) in [6.45, 7) is 3.36. The molecule has 1 aromatic carbocycles. The molecule has 0 radical (unpaired) electrons. The van der Waals surface area contributed by atoms with Gasteiger partial charge in [0, 0.05) is 30.5 Å². The fourth-order valence-electron chi connectivity index (χ4n) is 2.34. The molecule has 2 unspecified atom stereocenters.